The summed E-state index contributed by atoms with van der Waals surface area (Å²) in [5.74, 6) is -0.257. The fourth-order valence-corrected chi connectivity index (χ4v) is 3.34. The van der Waals surface area contributed by atoms with Crippen molar-refractivity contribution in [1.82, 2.24) is 19.5 Å². The second kappa shape index (κ2) is 7.40. The number of carboxylic acid groups (broad SMARTS) is 1. The van der Waals surface area contributed by atoms with E-state index in [1.165, 1.54) is 6.07 Å². The number of imidazole rings is 1. The van der Waals surface area contributed by atoms with Crippen LogP contribution in [0, 0.1) is 0 Å². The molecule has 0 bridgehead atoms. The van der Waals surface area contributed by atoms with E-state index in [0.717, 1.165) is 22.6 Å². The molecule has 0 saturated carbocycles. The highest BCUT2D eigenvalue weighted by Crippen LogP contribution is 2.24. The Hall–Kier alpha value is -3.25. The second-order valence-corrected chi connectivity index (χ2v) is 6.68. The molecule has 0 atom stereocenters. The van der Waals surface area contributed by atoms with Crippen LogP contribution in [0.1, 0.15) is 28.8 Å². The molecule has 3 aromatic heterocycles. The summed E-state index contributed by atoms with van der Waals surface area (Å²) in [6, 6.07) is 16.8. The van der Waals surface area contributed by atoms with E-state index < -0.39 is 5.97 Å². The Morgan fingerprint density at radius 2 is 1.82 bits per heavy atom. The van der Waals surface area contributed by atoms with Gasteiger partial charge in [0, 0.05) is 17.5 Å². The predicted molar refractivity (Wildman–Crippen MR) is 108 cm³/mol. The number of hydrogen-bond acceptors (Lipinski definition) is 4. The van der Waals surface area contributed by atoms with E-state index in [9.17, 15) is 9.90 Å². The highest BCUT2D eigenvalue weighted by molar-refractivity contribution is 6.30. The van der Waals surface area contributed by atoms with Crippen molar-refractivity contribution in [2.75, 3.05) is 0 Å². The van der Waals surface area contributed by atoms with Gasteiger partial charge in [-0.2, -0.15) is 0 Å². The number of pyridine rings is 2. The lowest BCUT2D eigenvalue weighted by Gasteiger charge is -2.10. The number of aromatic nitrogens is 4. The van der Waals surface area contributed by atoms with Gasteiger partial charge in [-0.25, -0.2) is 19.7 Å². The Balaban J connectivity index is 1.75. The Bertz CT molecular complexity index is 1170. The van der Waals surface area contributed by atoms with Crippen LogP contribution in [-0.4, -0.2) is 30.6 Å². The molecule has 0 aliphatic heterocycles. The second-order valence-electron chi connectivity index (χ2n) is 6.32. The van der Waals surface area contributed by atoms with Gasteiger partial charge in [0.2, 0.25) is 0 Å². The van der Waals surface area contributed by atoms with Gasteiger partial charge in [-0.15, -0.1) is 0 Å². The van der Waals surface area contributed by atoms with E-state index in [1.54, 1.807) is 6.07 Å². The lowest BCUT2D eigenvalue weighted by molar-refractivity contribution is 0.0691. The van der Waals surface area contributed by atoms with Crippen molar-refractivity contribution in [3.63, 3.8) is 0 Å². The van der Waals surface area contributed by atoms with Crippen LogP contribution < -0.4 is 0 Å². The summed E-state index contributed by atoms with van der Waals surface area (Å²) >= 11 is 6.47. The van der Waals surface area contributed by atoms with Gasteiger partial charge in [-0.3, -0.25) is 0 Å². The third kappa shape index (κ3) is 3.34. The molecule has 4 aromatic rings. The quantitative estimate of drug-likeness (QED) is 0.507. The number of aromatic carboxylic acids is 1. The summed E-state index contributed by atoms with van der Waals surface area (Å²) in [5, 5.41) is 9.65. The summed E-state index contributed by atoms with van der Waals surface area (Å²) in [6.45, 7) is 2.41. The van der Waals surface area contributed by atoms with Gasteiger partial charge in [-0.1, -0.05) is 54.9 Å². The van der Waals surface area contributed by atoms with Crippen molar-refractivity contribution in [2.24, 2.45) is 0 Å². The van der Waals surface area contributed by atoms with Crippen LogP contribution in [0.15, 0.2) is 54.6 Å². The molecule has 1 N–H and O–H groups in total. The number of benzene rings is 1. The Kier molecular flexibility index (Phi) is 4.79. The van der Waals surface area contributed by atoms with E-state index in [1.807, 2.05) is 54.0 Å². The Labute approximate surface area is 166 Å². The maximum Gasteiger partial charge on any atom is 0.354 e. The molecular formula is C21H17ClN4O2. The van der Waals surface area contributed by atoms with E-state index >= 15 is 0 Å². The maximum absolute atomic E-state index is 11.3. The SMILES string of the molecule is CCc1nc2ccc(C(=O)O)nc2n1Cc1ccc(-c2ccccc2)nc1Cl. The zero-order chi connectivity index (χ0) is 19.7. The first-order valence-corrected chi connectivity index (χ1v) is 9.25. The van der Waals surface area contributed by atoms with Gasteiger partial charge in [0.1, 0.15) is 16.5 Å². The minimum atomic E-state index is -1.07. The minimum absolute atomic E-state index is 0.0139. The van der Waals surface area contributed by atoms with Gasteiger partial charge in [0.15, 0.2) is 11.3 Å². The van der Waals surface area contributed by atoms with Crippen LogP contribution in [0.5, 0.6) is 0 Å². The normalized spacial score (nSPS) is 11.1. The molecule has 0 radical (unpaired) electrons. The molecule has 4 rings (SSSR count). The number of carboxylic acids is 1. The van der Waals surface area contributed by atoms with Crippen LogP contribution in [-0.2, 0) is 13.0 Å². The molecule has 0 aliphatic carbocycles. The summed E-state index contributed by atoms with van der Waals surface area (Å²) < 4.78 is 1.90. The van der Waals surface area contributed by atoms with Crippen LogP contribution in [0.25, 0.3) is 22.4 Å². The monoisotopic (exact) mass is 392 g/mol. The molecule has 7 heteroatoms. The van der Waals surface area contributed by atoms with Crippen molar-refractivity contribution in [2.45, 2.75) is 19.9 Å². The number of rotatable bonds is 5. The van der Waals surface area contributed by atoms with Gasteiger partial charge < -0.3 is 9.67 Å². The molecule has 3 heterocycles. The largest absolute Gasteiger partial charge is 0.477 e. The average Bonchev–Trinajstić information content (AvgIpc) is 3.07. The van der Waals surface area contributed by atoms with Gasteiger partial charge in [0.25, 0.3) is 0 Å². The van der Waals surface area contributed by atoms with Gasteiger partial charge in [-0.05, 0) is 18.2 Å². The van der Waals surface area contributed by atoms with Crippen molar-refractivity contribution in [1.29, 1.82) is 0 Å². The number of hydrogen-bond donors (Lipinski definition) is 1. The summed E-state index contributed by atoms with van der Waals surface area (Å²) in [6.07, 6.45) is 0.686. The molecule has 0 fully saturated rings. The van der Waals surface area contributed by atoms with E-state index in [4.69, 9.17) is 11.6 Å². The van der Waals surface area contributed by atoms with E-state index in [-0.39, 0.29) is 5.69 Å². The molecule has 28 heavy (non-hydrogen) atoms. The van der Waals surface area contributed by atoms with Crippen LogP contribution >= 0.6 is 11.6 Å². The standard InChI is InChI=1S/C21H17ClN4O2/c1-2-18-23-16-10-11-17(21(27)28)25-20(16)26(18)12-14-8-9-15(24-19(14)22)13-6-4-3-5-7-13/h3-11H,2,12H2,1H3,(H,27,28). The number of carbonyl (C=O) groups is 1. The average molecular weight is 393 g/mol. The molecule has 0 unspecified atom stereocenters. The Morgan fingerprint density at radius 3 is 2.50 bits per heavy atom. The molecule has 0 saturated heterocycles. The number of nitrogens with zero attached hydrogens (tertiary/aromatic N) is 4. The third-order valence-electron chi connectivity index (χ3n) is 4.53. The highest BCUT2D eigenvalue weighted by atomic mass is 35.5. The maximum atomic E-state index is 11.3. The number of fused-ring (bicyclic) bond motifs is 1. The van der Waals surface area contributed by atoms with Crippen LogP contribution in [0.3, 0.4) is 0 Å². The molecule has 1 aromatic carbocycles. The first kappa shape index (κ1) is 18.1. The molecule has 0 aliphatic rings. The molecular weight excluding hydrogens is 376 g/mol. The lowest BCUT2D eigenvalue weighted by atomic mass is 10.1. The lowest BCUT2D eigenvalue weighted by Crippen LogP contribution is -2.08. The van der Waals surface area contributed by atoms with Gasteiger partial charge >= 0.3 is 5.97 Å². The first-order chi connectivity index (χ1) is 13.6. The number of halogens is 1. The fourth-order valence-electron chi connectivity index (χ4n) is 3.12. The summed E-state index contributed by atoms with van der Waals surface area (Å²) in [5.41, 5.74) is 3.78. The molecule has 140 valence electrons. The topological polar surface area (TPSA) is 80.9 Å². The summed E-state index contributed by atoms with van der Waals surface area (Å²) in [4.78, 5) is 24.7. The smallest absolute Gasteiger partial charge is 0.354 e. The zero-order valence-corrected chi connectivity index (χ0v) is 15.9. The van der Waals surface area contributed by atoms with E-state index in [2.05, 4.69) is 15.0 Å². The summed E-state index contributed by atoms with van der Waals surface area (Å²) in [7, 11) is 0. The third-order valence-corrected chi connectivity index (χ3v) is 4.86. The predicted octanol–water partition coefficient (Wildman–Crippen LogP) is 4.46. The molecule has 0 spiro atoms. The van der Waals surface area contributed by atoms with Crippen LogP contribution in [0.4, 0.5) is 0 Å². The molecule has 6 nitrogen and oxygen atoms in total. The Morgan fingerprint density at radius 1 is 1.04 bits per heavy atom. The fraction of sp³-hybridized carbons (Fsp3) is 0.143. The van der Waals surface area contributed by atoms with Crippen molar-refractivity contribution in [3.8, 4) is 11.3 Å². The number of aryl methyl sites for hydroxylation is 1. The minimum Gasteiger partial charge on any atom is -0.477 e. The highest BCUT2D eigenvalue weighted by Gasteiger charge is 2.16. The van der Waals surface area contributed by atoms with Gasteiger partial charge in [0.05, 0.1) is 12.2 Å². The zero-order valence-electron chi connectivity index (χ0n) is 15.1. The van der Waals surface area contributed by atoms with Crippen LogP contribution in [0.2, 0.25) is 5.15 Å². The first-order valence-electron chi connectivity index (χ1n) is 8.87. The van der Waals surface area contributed by atoms with Crippen molar-refractivity contribution >= 4 is 28.7 Å². The molecule has 0 amide bonds. The van der Waals surface area contributed by atoms with E-state index in [0.29, 0.717) is 29.3 Å². The van der Waals surface area contributed by atoms with Crippen molar-refractivity contribution in [3.05, 3.63) is 76.8 Å². The van der Waals surface area contributed by atoms with Crippen molar-refractivity contribution < 1.29 is 9.90 Å².